The summed E-state index contributed by atoms with van der Waals surface area (Å²) >= 11 is 0. The number of carbonyl (C=O) groups is 1. The van der Waals surface area contributed by atoms with Crippen LogP contribution in [0.4, 0.5) is 0 Å². The molecule has 5 heteroatoms. The number of imidazole rings is 1. The highest BCUT2D eigenvalue weighted by molar-refractivity contribution is 5.88. The second-order valence-corrected chi connectivity index (χ2v) is 11.8. The van der Waals surface area contributed by atoms with Gasteiger partial charge in [0.25, 0.3) is 0 Å². The van der Waals surface area contributed by atoms with Crippen molar-refractivity contribution in [3.63, 3.8) is 0 Å². The maximum Gasteiger partial charge on any atom is 0.359 e. The van der Waals surface area contributed by atoms with Gasteiger partial charge in [-0.25, -0.2) is 9.78 Å². The number of allylic oxidation sites excluding steroid dienone is 2. The first-order valence-electron chi connectivity index (χ1n) is 13.2. The predicted molar refractivity (Wildman–Crippen MR) is 128 cm³/mol. The Labute approximate surface area is 201 Å². The molecule has 0 radical (unpaired) electrons. The van der Waals surface area contributed by atoms with Crippen LogP contribution >= 0.6 is 0 Å². The molecule has 178 valence electrons. The number of fused-ring (bicyclic) bond motifs is 2. The van der Waals surface area contributed by atoms with Crippen molar-refractivity contribution in [3.8, 4) is 0 Å². The molecule has 5 fully saturated rings. The largest absolute Gasteiger partial charge is 0.456 e. The molecule has 1 aromatic carbocycles. The van der Waals surface area contributed by atoms with Crippen molar-refractivity contribution in [2.45, 2.75) is 76.1 Å². The van der Waals surface area contributed by atoms with Crippen LogP contribution in [0, 0.1) is 29.6 Å². The number of carbonyl (C=O) groups excluding carboxylic acids is 1. The molecule has 0 saturated heterocycles. The zero-order valence-corrected chi connectivity index (χ0v) is 19.7. The van der Waals surface area contributed by atoms with Crippen LogP contribution in [0.25, 0.3) is 0 Å². The summed E-state index contributed by atoms with van der Waals surface area (Å²) in [4.78, 5) is 21.6. The second-order valence-electron chi connectivity index (χ2n) is 11.8. The van der Waals surface area contributed by atoms with Crippen LogP contribution in [0.2, 0.25) is 0 Å². The molecule has 3 atom stereocenters. The number of hydrogen-bond donors (Lipinski definition) is 1. The topological polar surface area (TPSA) is 64.2 Å². The molecule has 1 unspecified atom stereocenters. The molecule has 5 saturated carbocycles. The van der Waals surface area contributed by atoms with Gasteiger partial charge in [0.15, 0.2) is 5.69 Å². The zero-order chi connectivity index (χ0) is 22.7. The van der Waals surface area contributed by atoms with Crippen LogP contribution < -0.4 is 0 Å². The predicted octanol–water partition coefficient (Wildman–Crippen LogP) is 5.93. The summed E-state index contributed by atoms with van der Waals surface area (Å²) in [6.07, 6.45) is 14.7. The van der Waals surface area contributed by atoms with E-state index in [1.165, 1.54) is 44.9 Å². The summed E-state index contributed by atoms with van der Waals surface area (Å²) in [7, 11) is 0. The lowest BCUT2D eigenvalue weighted by Gasteiger charge is -2.56. The number of aromatic nitrogens is 2. The summed E-state index contributed by atoms with van der Waals surface area (Å²) in [5.74, 6) is 4.63. The Balaban J connectivity index is 1.12. The van der Waals surface area contributed by atoms with Crippen molar-refractivity contribution in [1.29, 1.82) is 0 Å². The Morgan fingerprint density at radius 3 is 2.32 bits per heavy atom. The van der Waals surface area contributed by atoms with E-state index >= 15 is 0 Å². The van der Waals surface area contributed by atoms with Gasteiger partial charge < -0.3 is 14.5 Å². The molecule has 5 nitrogen and oxygen atoms in total. The molecule has 1 aromatic heterocycles. The van der Waals surface area contributed by atoms with E-state index in [1.54, 1.807) is 0 Å². The quantitative estimate of drug-likeness (QED) is 0.412. The van der Waals surface area contributed by atoms with Crippen LogP contribution in [-0.4, -0.2) is 21.5 Å². The minimum absolute atomic E-state index is 0.000398. The highest BCUT2D eigenvalue weighted by atomic mass is 16.5. The Morgan fingerprint density at radius 1 is 0.941 bits per heavy atom. The monoisotopic (exact) mass is 458 g/mol. The van der Waals surface area contributed by atoms with Crippen molar-refractivity contribution >= 4 is 5.97 Å². The van der Waals surface area contributed by atoms with Crippen LogP contribution in [0.1, 0.15) is 84.9 Å². The molecule has 8 rings (SSSR count). The van der Waals surface area contributed by atoms with E-state index < -0.39 is 0 Å². The minimum Gasteiger partial charge on any atom is -0.456 e. The molecule has 6 bridgehead atoms. The molecular formula is C29H34N2O3. The summed E-state index contributed by atoms with van der Waals surface area (Å²) in [6.45, 7) is 0.680. The van der Waals surface area contributed by atoms with Gasteiger partial charge in [0.1, 0.15) is 12.4 Å². The number of rotatable bonds is 7. The standard InChI is InChI=1S/C29H34N2O3/c32-28(33-16-18-4-2-1-3-5-18)26-25(30-27(31-26)24-12-19-6-7-23(24)11-19)17-34-29-13-20-8-21(14-29)10-22(9-20)15-29/h1-7,19-24H,8-17H2,(H,30,31)/t19?,20?,21?,22?,23-,24-,29?/m0/s1. The summed E-state index contributed by atoms with van der Waals surface area (Å²) in [5.41, 5.74) is 2.20. The number of nitrogens with one attached hydrogen (secondary N) is 1. The lowest BCUT2D eigenvalue weighted by Crippen LogP contribution is -2.51. The third-order valence-corrected chi connectivity index (χ3v) is 9.34. The molecule has 1 heterocycles. The van der Waals surface area contributed by atoms with Gasteiger partial charge in [-0.1, -0.05) is 42.5 Å². The lowest BCUT2D eigenvalue weighted by molar-refractivity contribution is -0.169. The Hall–Kier alpha value is -2.40. The minimum atomic E-state index is -0.353. The van der Waals surface area contributed by atoms with Gasteiger partial charge in [-0.3, -0.25) is 0 Å². The number of hydrogen-bond acceptors (Lipinski definition) is 4. The van der Waals surface area contributed by atoms with Crippen LogP contribution in [-0.2, 0) is 22.7 Å². The number of H-pyrrole nitrogens is 1. The van der Waals surface area contributed by atoms with E-state index in [0.717, 1.165) is 41.3 Å². The second kappa shape index (κ2) is 8.08. The Kier molecular flexibility index (Phi) is 4.97. The Morgan fingerprint density at radius 2 is 1.68 bits per heavy atom. The van der Waals surface area contributed by atoms with E-state index in [2.05, 4.69) is 17.1 Å². The molecule has 2 aromatic rings. The molecular weight excluding hydrogens is 424 g/mol. The van der Waals surface area contributed by atoms with E-state index in [1.807, 2.05) is 30.3 Å². The number of benzene rings is 1. The van der Waals surface area contributed by atoms with Crippen molar-refractivity contribution in [1.82, 2.24) is 9.97 Å². The normalized spacial score (nSPS) is 36.9. The summed E-state index contributed by atoms with van der Waals surface area (Å²) in [5, 5.41) is 0. The van der Waals surface area contributed by atoms with E-state index in [-0.39, 0.29) is 18.2 Å². The molecule has 6 aliphatic carbocycles. The van der Waals surface area contributed by atoms with Crippen molar-refractivity contribution < 1.29 is 14.3 Å². The zero-order valence-electron chi connectivity index (χ0n) is 19.7. The van der Waals surface area contributed by atoms with Gasteiger partial charge >= 0.3 is 5.97 Å². The number of aromatic amines is 1. The van der Waals surface area contributed by atoms with E-state index in [0.29, 0.717) is 30.1 Å². The fraction of sp³-hybridized carbons (Fsp3) is 0.586. The van der Waals surface area contributed by atoms with Gasteiger partial charge in [0.2, 0.25) is 0 Å². The van der Waals surface area contributed by atoms with E-state index in [4.69, 9.17) is 14.5 Å². The first-order valence-corrected chi connectivity index (χ1v) is 13.2. The molecule has 6 aliphatic rings. The van der Waals surface area contributed by atoms with Crippen molar-refractivity contribution in [2.24, 2.45) is 29.6 Å². The highest BCUT2D eigenvalue weighted by Crippen LogP contribution is 2.57. The SMILES string of the molecule is O=C(OCc1ccccc1)c1nc([C@H]2CC3C=C[C@H]2C3)[nH]c1COC12CC3CC(CC(C3)C1)C2. The van der Waals surface area contributed by atoms with Gasteiger partial charge in [-0.2, -0.15) is 0 Å². The van der Waals surface area contributed by atoms with Crippen LogP contribution in [0.15, 0.2) is 42.5 Å². The highest BCUT2D eigenvalue weighted by Gasteiger charge is 2.52. The van der Waals surface area contributed by atoms with Gasteiger partial charge in [-0.15, -0.1) is 0 Å². The fourth-order valence-electron chi connectivity index (χ4n) is 8.20. The van der Waals surface area contributed by atoms with Crippen molar-refractivity contribution in [2.75, 3.05) is 0 Å². The van der Waals surface area contributed by atoms with Gasteiger partial charge in [0.05, 0.1) is 17.9 Å². The third-order valence-electron chi connectivity index (χ3n) is 9.34. The lowest BCUT2D eigenvalue weighted by atomic mass is 9.54. The molecule has 0 aliphatic heterocycles. The van der Waals surface area contributed by atoms with Gasteiger partial charge in [0, 0.05) is 5.92 Å². The molecule has 34 heavy (non-hydrogen) atoms. The molecule has 1 N–H and O–H groups in total. The first kappa shape index (κ1) is 20.9. The van der Waals surface area contributed by atoms with Crippen molar-refractivity contribution in [3.05, 3.63) is 65.3 Å². The van der Waals surface area contributed by atoms with Gasteiger partial charge in [-0.05, 0) is 86.5 Å². The van der Waals surface area contributed by atoms with E-state index in [9.17, 15) is 4.79 Å². The summed E-state index contributed by atoms with van der Waals surface area (Å²) in [6, 6.07) is 9.84. The molecule has 0 amide bonds. The number of esters is 1. The first-order chi connectivity index (χ1) is 16.6. The summed E-state index contributed by atoms with van der Waals surface area (Å²) < 4.78 is 12.4. The number of ether oxygens (including phenoxy) is 2. The average Bonchev–Trinajstić information content (AvgIpc) is 3.57. The molecule has 0 spiro atoms. The maximum atomic E-state index is 13.2. The van der Waals surface area contributed by atoms with Crippen LogP contribution in [0.3, 0.4) is 0 Å². The maximum absolute atomic E-state index is 13.2. The fourth-order valence-corrected chi connectivity index (χ4v) is 8.20. The average molecular weight is 459 g/mol. The Bertz CT molecular complexity index is 1070. The third kappa shape index (κ3) is 3.73. The smallest absolute Gasteiger partial charge is 0.359 e. The number of nitrogens with zero attached hydrogens (tertiary/aromatic N) is 1. The van der Waals surface area contributed by atoms with Crippen LogP contribution in [0.5, 0.6) is 0 Å².